The molecule has 0 saturated heterocycles. The molecular weight excluding hydrogens is 296 g/mol. The summed E-state index contributed by atoms with van der Waals surface area (Å²) in [6, 6.07) is 6.88. The van der Waals surface area contributed by atoms with E-state index in [4.69, 9.17) is 0 Å². The van der Waals surface area contributed by atoms with Crippen molar-refractivity contribution in [2.24, 2.45) is 0 Å². The molecular formula is C17H22N2O2S. The largest absolute Gasteiger partial charge is 0.224 e. The van der Waals surface area contributed by atoms with Gasteiger partial charge in [-0.3, -0.25) is 0 Å². The van der Waals surface area contributed by atoms with Crippen LogP contribution in [0.3, 0.4) is 0 Å². The third kappa shape index (κ3) is 3.19. The van der Waals surface area contributed by atoms with Crippen molar-refractivity contribution >= 4 is 9.84 Å². The zero-order chi connectivity index (χ0) is 16.3. The summed E-state index contributed by atoms with van der Waals surface area (Å²) in [5.41, 5.74) is 5.30. The molecule has 0 aliphatic heterocycles. The van der Waals surface area contributed by atoms with E-state index in [-0.39, 0.29) is 0 Å². The zero-order valence-corrected chi connectivity index (χ0v) is 14.4. The number of aromatic nitrogens is 2. The SMILES string of the molecule is CCc1nnc(-c2ccc(S(C)(=O)=O)cc2)c(CC)c1CC. The number of hydrogen-bond acceptors (Lipinski definition) is 4. The summed E-state index contributed by atoms with van der Waals surface area (Å²) in [6.45, 7) is 6.33. The van der Waals surface area contributed by atoms with E-state index in [1.165, 1.54) is 17.4 Å². The van der Waals surface area contributed by atoms with Crippen LogP contribution in [0.2, 0.25) is 0 Å². The fraction of sp³-hybridized carbons (Fsp3) is 0.412. The van der Waals surface area contributed by atoms with Crippen molar-refractivity contribution in [1.82, 2.24) is 10.2 Å². The van der Waals surface area contributed by atoms with Crippen LogP contribution in [0.1, 0.15) is 37.6 Å². The second-order valence-electron chi connectivity index (χ2n) is 5.31. The van der Waals surface area contributed by atoms with Gasteiger partial charge in [-0.25, -0.2) is 8.42 Å². The third-order valence-electron chi connectivity index (χ3n) is 3.87. The number of benzene rings is 1. The average molecular weight is 318 g/mol. The van der Waals surface area contributed by atoms with Gasteiger partial charge in [0.1, 0.15) is 0 Å². The molecule has 0 aliphatic carbocycles. The number of aryl methyl sites for hydroxylation is 1. The lowest BCUT2D eigenvalue weighted by molar-refractivity contribution is 0.602. The van der Waals surface area contributed by atoms with E-state index in [0.29, 0.717) is 4.90 Å². The predicted octanol–water partition coefficient (Wildman–Crippen LogP) is 3.23. The van der Waals surface area contributed by atoms with Crippen LogP contribution in [-0.2, 0) is 29.1 Å². The van der Waals surface area contributed by atoms with E-state index in [2.05, 4.69) is 31.0 Å². The Morgan fingerprint density at radius 1 is 0.864 bits per heavy atom. The number of sulfone groups is 1. The predicted molar refractivity (Wildman–Crippen MR) is 88.7 cm³/mol. The molecule has 0 fully saturated rings. The Morgan fingerprint density at radius 2 is 1.45 bits per heavy atom. The molecule has 0 atom stereocenters. The van der Waals surface area contributed by atoms with Gasteiger partial charge in [-0.15, -0.1) is 5.10 Å². The lowest BCUT2D eigenvalue weighted by Crippen LogP contribution is -2.06. The van der Waals surface area contributed by atoms with E-state index in [0.717, 1.165) is 36.2 Å². The number of hydrogen-bond donors (Lipinski definition) is 0. The van der Waals surface area contributed by atoms with E-state index < -0.39 is 9.84 Å². The summed E-state index contributed by atoms with van der Waals surface area (Å²) in [5.74, 6) is 0. The first-order valence-corrected chi connectivity index (χ1v) is 9.49. The van der Waals surface area contributed by atoms with Gasteiger partial charge in [-0.05, 0) is 42.5 Å². The highest BCUT2D eigenvalue weighted by atomic mass is 32.2. The van der Waals surface area contributed by atoms with Crippen molar-refractivity contribution in [2.45, 2.75) is 44.9 Å². The third-order valence-corrected chi connectivity index (χ3v) is 5.00. The Bertz CT molecular complexity index is 766. The molecule has 0 amide bonds. The highest BCUT2D eigenvalue weighted by molar-refractivity contribution is 7.90. The molecule has 0 N–H and O–H groups in total. The van der Waals surface area contributed by atoms with Crippen molar-refractivity contribution in [3.63, 3.8) is 0 Å². The molecule has 1 aromatic heterocycles. The molecule has 4 nitrogen and oxygen atoms in total. The van der Waals surface area contributed by atoms with Crippen LogP contribution in [0.4, 0.5) is 0 Å². The summed E-state index contributed by atoms with van der Waals surface area (Å²) in [5, 5.41) is 8.75. The van der Waals surface area contributed by atoms with E-state index >= 15 is 0 Å². The first-order chi connectivity index (χ1) is 10.4. The van der Waals surface area contributed by atoms with Crippen molar-refractivity contribution in [2.75, 3.05) is 6.26 Å². The summed E-state index contributed by atoms with van der Waals surface area (Å²) in [7, 11) is -3.18. The molecule has 22 heavy (non-hydrogen) atoms. The first kappa shape index (κ1) is 16.6. The fourth-order valence-electron chi connectivity index (χ4n) is 2.72. The Hall–Kier alpha value is -1.75. The lowest BCUT2D eigenvalue weighted by Gasteiger charge is -2.14. The van der Waals surface area contributed by atoms with Gasteiger partial charge in [-0.1, -0.05) is 32.9 Å². The second-order valence-corrected chi connectivity index (χ2v) is 7.33. The molecule has 0 aliphatic rings. The Labute approximate surface area is 132 Å². The van der Waals surface area contributed by atoms with Gasteiger partial charge in [0.2, 0.25) is 0 Å². The highest BCUT2D eigenvalue weighted by Gasteiger charge is 2.15. The molecule has 2 aromatic rings. The van der Waals surface area contributed by atoms with Crippen LogP contribution < -0.4 is 0 Å². The molecule has 1 heterocycles. The summed E-state index contributed by atoms with van der Waals surface area (Å²) >= 11 is 0. The van der Waals surface area contributed by atoms with Crippen LogP contribution in [0, 0.1) is 0 Å². The molecule has 5 heteroatoms. The van der Waals surface area contributed by atoms with E-state index in [1.807, 2.05) is 12.1 Å². The first-order valence-electron chi connectivity index (χ1n) is 7.60. The smallest absolute Gasteiger partial charge is 0.175 e. The molecule has 118 valence electrons. The molecule has 0 radical (unpaired) electrons. The maximum Gasteiger partial charge on any atom is 0.175 e. The van der Waals surface area contributed by atoms with Gasteiger partial charge in [0.25, 0.3) is 0 Å². The Kier molecular flexibility index (Phi) is 4.96. The highest BCUT2D eigenvalue weighted by Crippen LogP contribution is 2.27. The van der Waals surface area contributed by atoms with Gasteiger partial charge < -0.3 is 0 Å². The normalized spacial score (nSPS) is 11.6. The minimum atomic E-state index is -3.18. The monoisotopic (exact) mass is 318 g/mol. The van der Waals surface area contributed by atoms with Crippen LogP contribution in [-0.4, -0.2) is 24.9 Å². The maximum atomic E-state index is 11.6. The maximum absolute atomic E-state index is 11.6. The molecule has 0 unspecified atom stereocenters. The van der Waals surface area contributed by atoms with Crippen LogP contribution in [0.15, 0.2) is 29.2 Å². The van der Waals surface area contributed by atoms with Gasteiger partial charge in [0.05, 0.1) is 16.3 Å². The van der Waals surface area contributed by atoms with Gasteiger partial charge >= 0.3 is 0 Å². The van der Waals surface area contributed by atoms with Crippen molar-refractivity contribution in [3.05, 3.63) is 41.1 Å². The van der Waals surface area contributed by atoms with Gasteiger partial charge in [0, 0.05) is 11.8 Å². The van der Waals surface area contributed by atoms with Gasteiger partial charge in [0.15, 0.2) is 9.84 Å². The van der Waals surface area contributed by atoms with Crippen LogP contribution >= 0.6 is 0 Å². The molecule has 0 saturated carbocycles. The number of rotatable bonds is 5. The standard InChI is InChI=1S/C17H22N2O2S/c1-5-14-15(6-2)17(19-18-16(14)7-3)12-8-10-13(11-9-12)22(4,20)21/h8-11H,5-7H2,1-4H3. The molecule has 1 aromatic carbocycles. The molecule has 0 spiro atoms. The summed E-state index contributed by atoms with van der Waals surface area (Å²) < 4.78 is 23.1. The van der Waals surface area contributed by atoms with Crippen molar-refractivity contribution in [1.29, 1.82) is 0 Å². The number of nitrogens with zero attached hydrogens (tertiary/aromatic N) is 2. The zero-order valence-electron chi connectivity index (χ0n) is 13.5. The fourth-order valence-corrected chi connectivity index (χ4v) is 3.35. The van der Waals surface area contributed by atoms with Crippen LogP contribution in [0.25, 0.3) is 11.3 Å². The molecule has 0 bridgehead atoms. The van der Waals surface area contributed by atoms with Crippen molar-refractivity contribution in [3.8, 4) is 11.3 Å². The summed E-state index contributed by atoms with van der Waals surface area (Å²) in [4.78, 5) is 0.322. The molecule has 2 rings (SSSR count). The average Bonchev–Trinajstić information content (AvgIpc) is 2.52. The topological polar surface area (TPSA) is 59.9 Å². The Balaban J connectivity index is 2.57. The van der Waals surface area contributed by atoms with Gasteiger partial charge in [-0.2, -0.15) is 5.10 Å². The Morgan fingerprint density at radius 3 is 1.91 bits per heavy atom. The second kappa shape index (κ2) is 6.57. The quantitative estimate of drug-likeness (QED) is 0.849. The van der Waals surface area contributed by atoms with Crippen LogP contribution in [0.5, 0.6) is 0 Å². The lowest BCUT2D eigenvalue weighted by atomic mass is 9.96. The van der Waals surface area contributed by atoms with E-state index in [9.17, 15) is 8.42 Å². The minimum absolute atomic E-state index is 0.322. The minimum Gasteiger partial charge on any atom is -0.224 e. The summed E-state index contributed by atoms with van der Waals surface area (Å²) in [6.07, 6.45) is 3.89. The van der Waals surface area contributed by atoms with E-state index in [1.54, 1.807) is 12.1 Å². The van der Waals surface area contributed by atoms with Crippen molar-refractivity contribution < 1.29 is 8.42 Å².